The third kappa shape index (κ3) is 6.04. The predicted octanol–water partition coefficient (Wildman–Crippen LogP) is 3.74. The second-order valence-electron chi connectivity index (χ2n) is 7.83. The lowest BCUT2D eigenvalue weighted by molar-refractivity contribution is 0.0946. The molecule has 2 N–H and O–H groups in total. The van der Waals surface area contributed by atoms with E-state index in [9.17, 15) is 9.59 Å². The van der Waals surface area contributed by atoms with E-state index in [-0.39, 0.29) is 11.9 Å². The van der Waals surface area contributed by atoms with Gasteiger partial charge in [0, 0.05) is 23.2 Å². The number of nitrogens with one attached hydrogen (secondary N) is 2. The van der Waals surface area contributed by atoms with Crippen LogP contribution in [0.1, 0.15) is 48.1 Å². The van der Waals surface area contributed by atoms with Crippen molar-refractivity contribution < 1.29 is 14.3 Å². The molecule has 1 atom stereocenters. The Hall–Kier alpha value is -2.94. The summed E-state index contributed by atoms with van der Waals surface area (Å²) in [5, 5.41) is 13.0. The summed E-state index contributed by atoms with van der Waals surface area (Å²) in [5.41, 5.74) is 1.95. The first-order chi connectivity index (χ1) is 14.9. The molecule has 31 heavy (non-hydrogen) atoms. The number of fused-ring (bicyclic) bond motifs is 1. The van der Waals surface area contributed by atoms with Gasteiger partial charge in [-0.2, -0.15) is 5.10 Å². The van der Waals surface area contributed by atoms with Crippen LogP contribution in [0.15, 0.2) is 29.8 Å². The maximum Gasteiger partial charge on any atom is 0.407 e. The number of rotatable bonds is 9. The van der Waals surface area contributed by atoms with Crippen LogP contribution in [-0.4, -0.2) is 46.0 Å². The number of alkyl carbamates (subject to hydrolysis) is 1. The van der Waals surface area contributed by atoms with Gasteiger partial charge in [-0.1, -0.05) is 19.9 Å². The lowest BCUT2D eigenvalue weighted by Crippen LogP contribution is -2.44. The Morgan fingerprint density at radius 1 is 1.32 bits per heavy atom. The van der Waals surface area contributed by atoms with Crippen molar-refractivity contribution in [2.24, 2.45) is 5.92 Å². The quantitative estimate of drug-likeness (QED) is 0.525. The SMILES string of the molecule is CCOC(=O)NC(CNC(=O)c1cc(C)nc2c1cnn2Cc1cccs1)CC(C)C. The van der Waals surface area contributed by atoms with Crippen molar-refractivity contribution in [3.63, 3.8) is 0 Å². The minimum atomic E-state index is -0.473. The van der Waals surface area contributed by atoms with Crippen LogP contribution in [-0.2, 0) is 11.3 Å². The van der Waals surface area contributed by atoms with E-state index < -0.39 is 6.09 Å². The highest BCUT2D eigenvalue weighted by molar-refractivity contribution is 7.09. The van der Waals surface area contributed by atoms with E-state index in [0.29, 0.717) is 42.2 Å². The fourth-order valence-corrected chi connectivity index (χ4v) is 4.13. The number of hydrogen-bond donors (Lipinski definition) is 2. The minimum Gasteiger partial charge on any atom is -0.450 e. The Balaban J connectivity index is 1.76. The molecule has 1 unspecified atom stereocenters. The second-order valence-corrected chi connectivity index (χ2v) is 8.86. The first-order valence-electron chi connectivity index (χ1n) is 10.4. The molecule has 0 aliphatic carbocycles. The van der Waals surface area contributed by atoms with Crippen LogP contribution in [0.25, 0.3) is 11.0 Å². The van der Waals surface area contributed by atoms with Gasteiger partial charge in [-0.25, -0.2) is 14.5 Å². The first-order valence-corrected chi connectivity index (χ1v) is 11.3. The summed E-state index contributed by atoms with van der Waals surface area (Å²) in [7, 11) is 0. The molecule has 0 fully saturated rings. The highest BCUT2D eigenvalue weighted by atomic mass is 32.1. The summed E-state index contributed by atoms with van der Waals surface area (Å²) >= 11 is 1.66. The third-order valence-corrected chi connectivity index (χ3v) is 5.59. The maximum absolute atomic E-state index is 13.0. The van der Waals surface area contributed by atoms with Gasteiger partial charge in [0.15, 0.2) is 5.65 Å². The zero-order valence-electron chi connectivity index (χ0n) is 18.3. The van der Waals surface area contributed by atoms with E-state index in [0.717, 1.165) is 12.1 Å². The summed E-state index contributed by atoms with van der Waals surface area (Å²) in [6.07, 6.45) is 1.94. The van der Waals surface area contributed by atoms with Crippen LogP contribution in [0.3, 0.4) is 0 Å². The topological polar surface area (TPSA) is 98.1 Å². The van der Waals surface area contributed by atoms with Gasteiger partial charge in [-0.3, -0.25) is 4.79 Å². The van der Waals surface area contributed by atoms with E-state index in [2.05, 4.69) is 34.6 Å². The molecule has 3 aromatic rings. The van der Waals surface area contributed by atoms with Gasteiger partial charge in [0.25, 0.3) is 5.91 Å². The Labute approximate surface area is 186 Å². The van der Waals surface area contributed by atoms with Crippen LogP contribution >= 0.6 is 11.3 Å². The second kappa shape index (κ2) is 10.4. The molecule has 0 saturated heterocycles. The van der Waals surface area contributed by atoms with Gasteiger partial charge in [-0.05, 0) is 43.7 Å². The summed E-state index contributed by atoms with van der Waals surface area (Å²) in [6.45, 7) is 8.98. The summed E-state index contributed by atoms with van der Waals surface area (Å²) in [6, 6.07) is 5.60. The fraction of sp³-hybridized carbons (Fsp3) is 0.455. The molecule has 3 heterocycles. The van der Waals surface area contributed by atoms with Crippen LogP contribution in [0, 0.1) is 12.8 Å². The molecular formula is C22H29N5O3S. The largest absolute Gasteiger partial charge is 0.450 e. The van der Waals surface area contributed by atoms with E-state index in [1.54, 1.807) is 30.5 Å². The normalized spacial score (nSPS) is 12.2. The summed E-state index contributed by atoms with van der Waals surface area (Å²) in [4.78, 5) is 30.6. The van der Waals surface area contributed by atoms with Gasteiger partial charge in [0.1, 0.15) is 0 Å². The fourth-order valence-electron chi connectivity index (χ4n) is 3.44. The van der Waals surface area contributed by atoms with Crippen molar-refractivity contribution in [1.82, 2.24) is 25.4 Å². The summed E-state index contributed by atoms with van der Waals surface area (Å²) < 4.78 is 6.80. The molecule has 8 nitrogen and oxygen atoms in total. The van der Waals surface area contributed by atoms with Crippen molar-refractivity contribution in [3.05, 3.63) is 45.9 Å². The Morgan fingerprint density at radius 2 is 2.13 bits per heavy atom. The number of hydrogen-bond acceptors (Lipinski definition) is 6. The van der Waals surface area contributed by atoms with Gasteiger partial charge >= 0.3 is 6.09 Å². The van der Waals surface area contributed by atoms with Crippen molar-refractivity contribution in [1.29, 1.82) is 0 Å². The van der Waals surface area contributed by atoms with Gasteiger partial charge in [0.05, 0.1) is 30.3 Å². The number of aromatic nitrogens is 3. The summed E-state index contributed by atoms with van der Waals surface area (Å²) in [5.74, 6) is 0.139. The minimum absolute atomic E-state index is 0.217. The van der Waals surface area contributed by atoms with E-state index >= 15 is 0 Å². The van der Waals surface area contributed by atoms with E-state index in [4.69, 9.17) is 4.74 Å². The molecule has 3 rings (SSSR count). The number of carbonyl (C=O) groups is 2. The van der Waals surface area contributed by atoms with Crippen molar-refractivity contribution >= 4 is 34.4 Å². The van der Waals surface area contributed by atoms with Crippen LogP contribution in [0.4, 0.5) is 4.79 Å². The number of ether oxygens (including phenoxy) is 1. The smallest absolute Gasteiger partial charge is 0.407 e. The Morgan fingerprint density at radius 3 is 2.81 bits per heavy atom. The highest BCUT2D eigenvalue weighted by Crippen LogP contribution is 2.20. The van der Waals surface area contributed by atoms with Crippen molar-refractivity contribution in [3.8, 4) is 0 Å². The molecule has 166 valence electrons. The molecule has 9 heteroatoms. The Bertz CT molecular complexity index is 1030. The van der Waals surface area contributed by atoms with Crippen molar-refractivity contribution in [2.75, 3.05) is 13.2 Å². The van der Waals surface area contributed by atoms with Gasteiger partial charge < -0.3 is 15.4 Å². The number of thiophene rings is 1. The number of nitrogens with zero attached hydrogens (tertiary/aromatic N) is 3. The van der Waals surface area contributed by atoms with Crippen LogP contribution in [0.2, 0.25) is 0 Å². The average molecular weight is 444 g/mol. The molecule has 0 aliphatic rings. The van der Waals surface area contributed by atoms with Crippen molar-refractivity contribution in [2.45, 2.75) is 46.7 Å². The molecule has 0 aromatic carbocycles. The number of aryl methyl sites for hydroxylation is 1. The zero-order chi connectivity index (χ0) is 22.4. The number of carbonyl (C=O) groups excluding carboxylic acids is 2. The number of amides is 2. The van der Waals surface area contributed by atoms with E-state index in [1.165, 1.54) is 4.88 Å². The standard InChI is InChI=1S/C22H29N5O3S/c1-5-30-22(29)26-16(9-14(2)3)11-23-21(28)18-10-15(4)25-20-19(18)12-24-27(20)13-17-7-6-8-31-17/h6-8,10,12,14,16H,5,9,11,13H2,1-4H3,(H,23,28)(H,26,29). The molecule has 0 bridgehead atoms. The lowest BCUT2D eigenvalue weighted by Gasteiger charge is -2.21. The molecular weight excluding hydrogens is 414 g/mol. The number of pyridine rings is 1. The highest BCUT2D eigenvalue weighted by Gasteiger charge is 2.19. The monoisotopic (exact) mass is 443 g/mol. The lowest BCUT2D eigenvalue weighted by atomic mass is 10.0. The molecule has 0 aliphatic heterocycles. The van der Waals surface area contributed by atoms with Crippen LogP contribution < -0.4 is 10.6 Å². The maximum atomic E-state index is 13.0. The molecule has 3 aromatic heterocycles. The van der Waals surface area contributed by atoms with Crippen LogP contribution in [0.5, 0.6) is 0 Å². The molecule has 2 amide bonds. The zero-order valence-corrected chi connectivity index (χ0v) is 19.2. The Kier molecular flexibility index (Phi) is 7.62. The van der Waals surface area contributed by atoms with E-state index in [1.807, 2.05) is 29.1 Å². The van der Waals surface area contributed by atoms with Gasteiger partial charge in [-0.15, -0.1) is 11.3 Å². The molecule has 0 radical (unpaired) electrons. The first kappa shape index (κ1) is 22.7. The third-order valence-electron chi connectivity index (χ3n) is 4.73. The molecule has 0 spiro atoms. The molecule has 0 saturated carbocycles. The predicted molar refractivity (Wildman–Crippen MR) is 121 cm³/mol. The average Bonchev–Trinajstić information content (AvgIpc) is 3.36. The van der Waals surface area contributed by atoms with Gasteiger partial charge in [0.2, 0.25) is 0 Å².